The van der Waals surface area contributed by atoms with Gasteiger partial charge in [-0.05, 0) is 37.0 Å². The summed E-state index contributed by atoms with van der Waals surface area (Å²) in [5, 5.41) is 0. The fourth-order valence-electron chi connectivity index (χ4n) is 1.57. The molecule has 0 saturated heterocycles. The van der Waals surface area contributed by atoms with E-state index in [2.05, 4.69) is 20.3 Å². The van der Waals surface area contributed by atoms with Crippen molar-refractivity contribution in [1.29, 1.82) is 0 Å². The van der Waals surface area contributed by atoms with Crippen LogP contribution in [0.4, 0.5) is 0 Å². The summed E-state index contributed by atoms with van der Waals surface area (Å²) in [5.41, 5.74) is 3.95. The second-order valence-corrected chi connectivity index (χ2v) is 4.36. The van der Waals surface area contributed by atoms with Crippen LogP contribution in [0.1, 0.15) is 18.4 Å². The molecule has 92 valence electrons. The quantitative estimate of drug-likeness (QED) is 0.345. The summed E-state index contributed by atoms with van der Waals surface area (Å²) in [6.45, 7) is 0.889. The molecule has 1 aliphatic carbocycles. The van der Waals surface area contributed by atoms with E-state index in [0.717, 1.165) is 18.9 Å². The number of aliphatic imine (C=N–C) groups is 1. The van der Waals surface area contributed by atoms with Gasteiger partial charge in [0, 0.05) is 26.0 Å². The SMILES string of the molecule is CN(CCc1ccncc1)C(=NC1CC1)NN. The van der Waals surface area contributed by atoms with Gasteiger partial charge in [-0.25, -0.2) is 10.8 Å². The highest BCUT2D eigenvalue weighted by molar-refractivity contribution is 5.79. The first-order valence-corrected chi connectivity index (χ1v) is 5.94. The second kappa shape index (κ2) is 5.63. The molecule has 0 bridgehead atoms. The van der Waals surface area contributed by atoms with Crippen LogP contribution in [0.5, 0.6) is 0 Å². The molecule has 1 aromatic rings. The minimum atomic E-state index is 0.476. The van der Waals surface area contributed by atoms with E-state index in [9.17, 15) is 0 Å². The third kappa shape index (κ3) is 3.71. The highest BCUT2D eigenvalue weighted by Crippen LogP contribution is 2.23. The average molecular weight is 233 g/mol. The van der Waals surface area contributed by atoms with Gasteiger partial charge in [-0.2, -0.15) is 0 Å². The van der Waals surface area contributed by atoms with Crippen LogP contribution in [-0.4, -0.2) is 35.5 Å². The van der Waals surface area contributed by atoms with E-state index in [4.69, 9.17) is 5.84 Å². The van der Waals surface area contributed by atoms with Gasteiger partial charge >= 0.3 is 0 Å². The molecule has 0 aliphatic heterocycles. The van der Waals surface area contributed by atoms with Gasteiger partial charge in [0.15, 0.2) is 0 Å². The van der Waals surface area contributed by atoms with E-state index >= 15 is 0 Å². The van der Waals surface area contributed by atoms with Crippen molar-refractivity contribution < 1.29 is 0 Å². The molecule has 0 spiro atoms. The Morgan fingerprint density at radius 3 is 2.82 bits per heavy atom. The minimum Gasteiger partial charge on any atom is -0.345 e. The maximum atomic E-state index is 5.49. The summed E-state index contributed by atoms with van der Waals surface area (Å²) in [6.07, 6.45) is 6.96. The molecular formula is C12H19N5. The first-order chi connectivity index (χ1) is 8.29. The lowest BCUT2D eigenvalue weighted by Gasteiger charge is -2.20. The predicted molar refractivity (Wildman–Crippen MR) is 68.4 cm³/mol. The molecular weight excluding hydrogens is 214 g/mol. The number of guanidine groups is 1. The maximum absolute atomic E-state index is 5.49. The topological polar surface area (TPSA) is 66.5 Å². The monoisotopic (exact) mass is 233 g/mol. The molecule has 17 heavy (non-hydrogen) atoms. The molecule has 0 amide bonds. The Morgan fingerprint density at radius 2 is 2.24 bits per heavy atom. The van der Waals surface area contributed by atoms with Crippen LogP contribution in [0.2, 0.25) is 0 Å². The maximum Gasteiger partial charge on any atom is 0.208 e. The second-order valence-electron chi connectivity index (χ2n) is 4.36. The van der Waals surface area contributed by atoms with Gasteiger partial charge in [-0.15, -0.1) is 0 Å². The highest BCUT2D eigenvalue weighted by atomic mass is 15.4. The number of hydrogen-bond donors (Lipinski definition) is 2. The van der Waals surface area contributed by atoms with Crippen molar-refractivity contribution in [3.05, 3.63) is 30.1 Å². The lowest BCUT2D eigenvalue weighted by Crippen LogP contribution is -2.43. The Balaban J connectivity index is 1.85. The largest absolute Gasteiger partial charge is 0.345 e. The number of hydrazine groups is 1. The van der Waals surface area contributed by atoms with E-state index in [1.54, 1.807) is 0 Å². The van der Waals surface area contributed by atoms with E-state index in [-0.39, 0.29) is 0 Å². The fourth-order valence-corrected chi connectivity index (χ4v) is 1.57. The Bertz CT molecular complexity index is 372. The Morgan fingerprint density at radius 1 is 1.53 bits per heavy atom. The standard InChI is InChI=1S/C12H19N5/c1-17(12(16-13)15-11-2-3-11)9-6-10-4-7-14-8-5-10/h4-5,7-8,11H,2-3,6,9,13H2,1H3,(H,15,16). The van der Waals surface area contributed by atoms with Gasteiger partial charge < -0.3 is 4.90 Å². The first-order valence-electron chi connectivity index (χ1n) is 5.94. The predicted octanol–water partition coefficient (Wildman–Crippen LogP) is 0.538. The van der Waals surface area contributed by atoms with Crippen LogP contribution in [-0.2, 0) is 6.42 Å². The lowest BCUT2D eigenvalue weighted by molar-refractivity contribution is 0.485. The number of nitrogens with zero attached hydrogens (tertiary/aromatic N) is 3. The van der Waals surface area contributed by atoms with E-state index in [1.807, 2.05) is 31.6 Å². The zero-order valence-corrected chi connectivity index (χ0v) is 10.1. The van der Waals surface area contributed by atoms with Gasteiger partial charge in [0.05, 0.1) is 6.04 Å². The van der Waals surface area contributed by atoms with Gasteiger partial charge in [0.25, 0.3) is 0 Å². The van der Waals surface area contributed by atoms with Gasteiger partial charge in [0.1, 0.15) is 0 Å². The molecule has 1 aliphatic rings. The van der Waals surface area contributed by atoms with Gasteiger partial charge in [-0.3, -0.25) is 10.4 Å². The highest BCUT2D eigenvalue weighted by Gasteiger charge is 2.21. The fraction of sp³-hybridized carbons (Fsp3) is 0.500. The van der Waals surface area contributed by atoms with Crippen molar-refractivity contribution in [1.82, 2.24) is 15.3 Å². The van der Waals surface area contributed by atoms with Crippen LogP contribution < -0.4 is 11.3 Å². The molecule has 1 fully saturated rings. The van der Waals surface area contributed by atoms with Crippen LogP contribution in [0.3, 0.4) is 0 Å². The molecule has 5 nitrogen and oxygen atoms in total. The summed E-state index contributed by atoms with van der Waals surface area (Å²) < 4.78 is 0. The van der Waals surface area contributed by atoms with Crippen molar-refractivity contribution in [2.45, 2.75) is 25.3 Å². The lowest BCUT2D eigenvalue weighted by atomic mass is 10.2. The van der Waals surface area contributed by atoms with Crippen molar-refractivity contribution in [2.24, 2.45) is 10.8 Å². The zero-order valence-electron chi connectivity index (χ0n) is 10.1. The number of nitrogens with one attached hydrogen (secondary N) is 1. The normalized spacial score (nSPS) is 15.8. The molecule has 1 saturated carbocycles. The van der Waals surface area contributed by atoms with Crippen LogP contribution in [0, 0.1) is 0 Å². The molecule has 2 rings (SSSR count). The average Bonchev–Trinajstić information content (AvgIpc) is 3.18. The number of likely N-dealkylation sites (N-methyl/N-ethyl adjacent to an activating group) is 1. The zero-order chi connectivity index (χ0) is 12.1. The number of aromatic nitrogens is 1. The van der Waals surface area contributed by atoms with Crippen molar-refractivity contribution >= 4 is 5.96 Å². The van der Waals surface area contributed by atoms with Crippen LogP contribution >= 0.6 is 0 Å². The molecule has 0 aromatic carbocycles. The Hall–Kier alpha value is -1.62. The van der Waals surface area contributed by atoms with Crippen molar-refractivity contribution in [3.63, 3.8) is 0 Å². The molecule has 0 atom stereocenters. The van der Waals surface area contributed by atoms with E-state index in [0.29, 0.717) is 6.04 Å². The number of hydrogen-bond acceptors (Lipinski definition) is 3. The van der Waals surface area contributed by atoms with E-state index < -0.39 is 0 Å². The van der Waals surface area contributed by atoms with Crippen LogP contribution in [0.25, 0.3) is 0 Å². The number of pyridine rings is 1. The summed E-state index contributed by atoms with van der Waals surface area (Å²) in [6, 6.07) is 4.53. The van der Waals surface area contributed by atoms with Crippen molar-refractivity contribution in [2.75, 3.05) is 13.6 Å². The smallest absolute Gasteiger partial charge is 0.208 e. The molecule has 1 aromatic heterocycles. The number of rotatable bonds is 4. The summed E-state index contributed by atoms with van der Waals surface area (Å²) >= 11 is 0. The first kappa shape index (κ1) is 11.9. The van der Waals surface area contributed by atoms with Gasteiger partial charge in [-0.1, -0.05) is 0 Å². The van der Waals surface area contributed by atoms with E-state index in [1.165, 1.54) is 18.4 Å². The Kier molecular flexibility index (Phi) is 3.93. The minimum absolute atomic E-state index is 0.476. The molecule has 5 heteroatoms. The summed E-state index contributed by atoms with van der Waals surface area (Å²) in [5.74, 6) is 6.27. The summed E-state index contributed by atoms with van der Waals surface area (Å²) in [7, 11) is 2.00. The third-order valence-corrected chi connectivity index (χ3v) is 2.83. The van der Waals surface area contributed by atoms with Crippen molar-refractivity contribution in [3.8, 4) is 0 Å². The third-order valence-electron chi connectivity index (χ3n) is 2.83. The molecule has 0 radical (unpaired) electrons. The van der Waals surface area contributed by atoms with Gasteiger partial charge in [0.2, 0.25) is 5.96 Å². The summed E-state index contributed by atoms with van der Waals surface area (Å²) in [4.78, 5) is 10.6. The molecule has 0 unspecified atom stereocenters. The van der Waals surface area contributed by atoms with Crippen LogP contribution in [0.15, 0.2) is 29.5 Å². The number of nitrogens with two attached hydrogens (primary N) is 1. The Labute approximate surface area is 102 Å². The molecule has 1 heterocycles. The molecule has 3 N–H and O–H groups in total.